The fourth-order valence-electron chi connectivity index (χ4n) is 2.35. The smallest absolute Gasteiger partial charge is 0.371 e. The zero-order valence-electron chi connectivity index (χ0n) is 12.9. The molecule has 132 valence electrons. The van der Waals surface area contributed by atoms with Crippen molar-refractivity contribution < 1.29 is 39.8 Å². The van der Waals surface area contributed by atoms with Gasteiger partial charge in [-0.15, -0.1) is 0 Å². The lowest BCUT2D eigenvalue weighted by Crippen LogP contribution is -2.59. The van der Waals surface area contributed by atoms with E-state index in [-0.39, 0.29) is 0 Å². The van der Waals surface area contributed by atoms with Gasteiger partial charge >= 0.3 is 5.97 Å². The first-order valence-electron chi connectivity index (χ1n) is 7.32. The van der Waals surface area contributed by atoms with Crippen molar-refractivity contribution in [3.8, 4) is 0 Å². The lowest BCUT2D eigenvalue weighted by Gasteiger charge is -2.39. The molecule has 0 saturated carbocycles. The molecule has 1 heterocycles. The summed E-state index contributed by atoms with van der Waals surface area (Å²) in [6.45, 7) is 1.21. The normalized spacial score (nSPS) is 30.9. The van der Waals surface area contributed by atoms with Gasteiger partial charge in [0.05, 0.1) is 6.61 Å². The maximum atomic E-state index is 11.4. The minimum atomic E-state index is -1.68. The number of carbonyl (C=O) groups is 1. The Hall–Kier alpha value is -1.97. The molecule has 1 saturated heterocycles. The van der Waals surface area contributed by atoms with Crippen LogP contribution in [0.1, 0.15) is 11.1 Å². The molecule has 0 spiro atoms. The minimum absolute atomic E-state index is 0.509. The van der Waals surface area contributed by atoms with E-state index in [2.05, 4.69) is 0 Å². The summed E-state index contributed by atoms with van der Waals surface area (Å²) in [7, 11) is 0. The third-order valence-electron chi connectivity index (χ3n) is 3.64. The summed E-state index contributed by atoms with van der Waals surface area (Å²) in [4.78, 5) is 11.4. The standard InChI is InChI=1S/C16H20O8/c1-8-3-2-4-9(5-8)6-10(15(21)22)23-16-14(20)13(19)12(18)11(7-17)24-16/h2-6,11-14,16-20H,7H2,1H3,(H,21,22)/t11-,12+,13+,14-,16-/m0/s1. The van der Waals surface area contributed by atoms with Crippen LogP contribution in [0.5, 0.6) is 0 Å². The highest BCUT2D eigenvalue weighted by molar-refractivity contribution is 5.89. The molecule has 0 radical (unpaired) electrons. The van der Waals surface area contributed by atoms with Crippen LogP contribution in [0.4, 0.5) is 0 Å². The lowest BCUT2D eigenvalue weighted by atomic mass is 9.99. The molecule has 1 fully saturated rings. The number of aliphatic hydroxyl groups excluding tert-OH is 4. The summed E-state index contributed by atoms with van der Waals surface area (Å²) >= 11 is 0. The molecule has 8 heteroatoms. The molecule has 1 aromatic rings. The molecular weight excluding hydrogens is 320 g/mol. The van der Waals surface area contributed by atoms with Gasteiger partial charge in [0.2, 0.25) is 12.0 Å². The Morgan fingerprint density at radius 3 is 2.54 bits per heavy atom. The predicted molar refractivity (Wildman–Crippen MR) is 81.6 cm³/mol. The Kier molecular flexibility index (Phi) is 5.92. The fraction of sp³-hybridized carbons (Fsp3) is 0.438. The van der Waals surface area contributed by atoms with E-state index in [0.29, 0.717) is 5.56 Å². The number of ether oxygens (including phenoxy) is 2. The van der Waals surface area contributed by atoms with Crippen LogP contribution in [-0.2, 0) is 14.3 Å². The topological polar surface area (TPSA) is 137 Å². The van der Waals surface area contributed by atoms with Gasteiger partial charge in [-0.25, -0.2) is 4.79 Å². The lowest BCUT2D eigenvalue weighted by molar-refractivity contribution is -0.291. The monoisotopic (exact) mass is 340 g/mol. The molecule has 0 amide bonds. The van der Waals surface area contributed by atoms with Gasteiger partial charge in [-0.05, 0) is 18.6 Å². The number of carboxylic acid groups (broad SMARTS) is 1. The molecule has 1 aliphatic heterocycles. The number of aliphatic hydroxyl groups is 4. The molecule has 5 N–H and O–H groups in total. The second-order valence-corrected chi connectivity index (χ2v) is 5.54. The van der Waals surface area contributed by atoms with Gasteiger partial charge in [-0.3, -0.25) is 0 Å². The predicted octanol–water partition coefficient (Wildman–Crippen LogP) is -0.763. The summed E-state index contributed by atoms with van der Waals surface area (Å²) in [5.41, 5.74) is 1.48. The first kappa shape index (κ1) is 18.4. The van der Waals surface area contributed by atoms with Crippen LogP contribution < -0.4 is 0 Å². The molecule has 0 unspecified atom stereocenters. The molecule has 5 atom stereocenters. The van der Waals surface area contributed by atoms with E-state index in [1.165, 1.54) is 6.08 Å². The van der Waals surface area contributed by atoms with Gasteiger partial charge in [-0.1, -0.05) is 29.8 Å². The van der Waals surface area contributed by atoms with E-state index in [1.54, 1.807) is 18.2 Å². The van der Waals surface area contributed by atoms with E-state index in [4.69, 9.17) is 14.6 Å². The summed E-state index contributed by atoms with van der Waals surface area (Å²) in [6.07, 6.45) is -6.34. The number of rotatable bonds is 5. The third-order valence-corrected chi connectivity index (χ3v) is 3.64. The number of hydrogen-bond acceptors (Lipinski definition) is 7. The van der Waals surface area contributed by atoms with Gasteiger partial charge in [-0.2, -0.15) is 0 Å². The largest absolute Gasteiger partial charge is 0.475 e. The van der Waals surface area contributed by atoms with Crippen LogP contribution in [0, 0.1) is 6.92 Å². The van der Waals surface area contributed by atoms with Gasteiger partial charge in [0.15, 0.2) is 0 Å². The van der Waals surface area contributed by atoms with Crippen molar-refractivity contribution >= 4 is 12.0 Å². The molecule has 1 aromatic carbocycles. The molecular formula is C16H20O8. The first-order valence-corrected chi connectivity index (χ1v) is 7.32. The van der Waals surface area contributed by atoms with Crippen molar-refractivity contribution in [3.63, 3.8) is 0 Å². The molecule has 8 nitrogen and oxygen atoms in total. The Morgan fingerprint density at radius 1 is 1.25 bits per heavy atom. The van der Waals surface area contributed by atoms with Crippen LogP contribution in [0.3, 0.4) is 0 Å². The molecule has 0 bridgehead atoms. The first-order chi connectivity index (χ1) is 11.3. The number of benzene rings is 1. The highest BCUT2D eigenvalue weighted by Crippen LogP contribution is 2.24. The Labute approximate surface area is 138 Å². The maximum absolute atomic E-state index is 11.4. The number of aryl methyl sites for hydroxylation is 1. The summed E-state index contributed by atoms with van der Waals surface area (Å²) < 4.78 is 10.3. The summed E-state index contributed by atoms with van der Waals surface area (Å²) in [5.74, 6) is -1.90. The van der Waals surface area contributed by atoms with Crippen LogP contribution in [0.2, 0.25) is 0 Å². The zero-order valence-corrected chi connectivity index (χ0v) is 12.9. The molecule has 2 rings (SSSR count). The van der Waals surface area contributed by atoms with Crippen molar-refractivity contribution in [2.24, 2.45) is 0 Å². The van der Waals surface area contributed by atoms with Gasteiger partial charge < -0.3 is 35.0 Å². The molecule has 1 aliphatic rings. The molecule has 0 aliphatic carbocycles. The maximum Gasteiger partial charge on any atom is 0.371 e. The van der Waals surface area contributed by atoms with Crippen LogP contribution >= 0.6 is 0 Å². The Balaban J connectivity index is 2.22. The third kappa shape index (κ3) is 4.11. The van der Waals surface area contributed by atoms with E-state index < -0.39 is 49.0 Å². The Morgan fingerprint density at radius 2 is 1.96 bits per heavy atom. The molecule has 24 heavy (non-hydrogen) atoms. The van der Waals surface area contributed by atoms with Crippen LogP contribution in [0.15, 0.2) is 30.0 Å². The average Bonchev–Trinajstić information content (AvgIpc) is 2.54. The van der Waals surface area contributed by atoms with Crippen molar-refractivity contribution in [1.29, 1.82) is 0 Å². The quantitative estimate of drug-likeness (QED) is 0.348. The number of aliphatic carboxylic acids is 1. The van der Waals surface area contributed by atoms with Crippen LogP contribution in [0.25, 0.3) is 6.08 Å². The average molecular weight is 340 g/mol. The number of carboxylic acids is 1. The number of hydrogen-bond donors (Lipinski definition) is 5. The van der Waals surface area contributed by atoms with Crippen LogP contribution in [-0.4, -0.2) is 68.8 Å². The van der Waals surface area contributed by atoms with E-state index >= 15 is 0 Å². The van der Waals surface area contributed by atoms with Crippen molar-refractivity contribution in [1.82, 2.24) is 0 Å². The van der Waals surface area contributed by atoms with Gasteiger partial charge in [0.25, 0.3) is 0 Å². The summed E-state index contributed by atoms with van der Waals surface area (Å²) in [6, 6.07) is 7.00. The second-order valence-electron chi connectivity index (χ2n) is 5.54. The van der Waals surface area contributed by atoms with Gasteiger partial charge in [0, 0.05) is 0 Å². The zero-order chi connectivity index (χ0) is 17.9. The molecule has 0 aromatic heterocycles. The minimum Gasteiger partial charge on any atom is -0.475 e. The van der Waals surface area contributed by atoms with Crippen molar-refractivity contribution in [2.75, 3.05) is 6.61 Å². The second kappa shape index (κ2) is 7.73. The van der Waals surface area contributed by atoms with Gasteiger partial charge in [0.1, 0.15) is 24.4 Å². The van der Waals surface area contributed by atoms with E-state index in [0.717, 1.165) is 5.56 Å². The highest BCUT2D eigenvalue weighted by Gasteiger charge is 2.45. The fourth-order valence-corrected chi connectivity index (χ4v) is 2.35. The van der Waals surface area contributed by atoms with E-state index in [1.807, 2.05) is 13.0 Å². The summed E-state index contributed by atoms with van der Waals surface area (Å²) in [5, 5.41) is 47.7. The van der Waals surface area contributed by atoms with Crippen molar-refractivity contribution in [3.05, 3.63) is 41.2 Å². The van der Waals surface area contributed by atoms with Crippen molar-refractivity contribution in [2.45, 2.75) is 37.6 Å². The van der Waals surface area contributed by atoms with E-state index in [9.17, 15) is 25.2 Å². The SMILES string of the molecule is Cc1cccc(C=C(O[C@H]2O[C@@H](CO)[C@@H](O)[C@@H](O)[C@@H]2O)C(=O)O)c1. The highest BCUT2D eigenvalue weighted by atomic mass is 16.7. The Bertz CT molecular complexity index is 612.